The van der Waals surface area contributed by atoms with Crippen molar-refractivity contribution in [2.45, 2.75) is 51.0 Å². The van der Waals surface area contributed by atoms with Crippen LogP contribution in [0.5, 0.6) is 5.75 Å². The Hall–Kier alpha value is -1.96. The van der Waals surface area contributed by atoms with Crippen molar-refractivity contribution in [2.24, 2.45) is 5.41 Å². The Morgan fingerprint density at radius 3 is 2.37 bits per heavy atom. The Morgan fingerprint density at radius 1 is 1.22 bits per heavy atom. The maximum absolute atomic E-state index is 12.4. The number of rotatable bonds is 3. The molecule has 1 aliphatic heterocycles. The highest BCUT2D eigenvalue weighted by atomic mass is 19.4. The average molecular weight is 387 g/mol. The number of piperidine rings is 1. The van der Waals surface area contributed by atoms with Crippen molar-refractivity contribution in [1.29, 1.82) is 0 Å². The van der Waals surface area contributed by atoms with E-state index in [0.717, 1.165) is 5.56 Å². The van der Waals surface area contributed by atoms with Crippen LogP contribution in [0.1, 0.15) is 39.2 Å². The Balaban J connectivity index is 1.74. The summed E-state index contributed by atoms with van der Waals surface area (Å²) in [7, 11) is 0. The lowest BCUT2D eigenvalue weighted by molar-refractivity contribution is -0.274. The van der Waals surface area contributed by atoms with Crippen LogP contribution < -0.4 is 4.74 Å². The molecule has 1 saturated carbocycles. The SMILES string of the molecule is CC(C)(C)OC(=O)N1CCC2(c3ccc(OC(F)(F)F)cc3)C[C@]2(CO)C1. The van der Waals surface area contributed by atoms with E-state index in [1.807, 2.05) is 0 Å². The summed E-state index contributed by atoms with van der Waals surface area (Å²) in [4.78, 5) is 14.0. The zero-order valence-electron chi connectivity index (χ0n) is 15.6. The van der Waals surface area contributed by atoms with Gasteiger partial charge in [-0.1, -0.05) is 12.1 Å². The van der Waals surface area contributed by atoms with Gasteiger partial charge in [0.15, 0.2) is 0 Å². The van der Waals surface area contributed by atoms with Gasteiger partial charge in [-0.05, 0) is 51.3 Å². The highest BCUT2D eigenvalue weighted by Gasteiger charge is 2.70. The lowest BCUT2D eigenvalue weighted by atomic mass is 9.80. The van der Waals surface area contributed by atoms with Crippen LogP contribution in [-0.2, 0) is 10.2 Å². The molecule has 1 heterocycles. The van der Waals surface area contributed by atoms with Gasteiger partial charge in [-0.25, -0.2) is 4.79 Å². The molecule has 27 heavy (non-hydrogen) atoms. The number of benzene rings is 1. The minimum atomic E-state index is -4.73. The lowest BCUT2D eigenvalue weighted by Crippen LogP contribution is -2.48. The summed E-state index contributed by atoms with van der Waals surface area (Å²) < 4.78 is 46.3. The number of alkyl halides is 3. The molecular formula is C19H24F3NO4. The van der Waals surface area contributed by atoms with Crippen molar-refractivity contribution in [1.82, 2.24) is 4.90 Å². The van der Waals surface area contributed by atoms with Crippen molar-refractivity contribution >= 4 is 6.09 Å². The molecule has 1 aliphatic carbocycles. The number of nitrogens with zero attached hydrogens (tertiary/aromatic N) is 1. The first kappa shape index (κ1) is 19.8. The van der Waals surface area contributed by atoms with Crippen LogP contribution in [0, 0.1) is 5.41 Å². The topological polar surface area (TPSA) is 59.0 Å². The number of aliphatic hydroxyl groups is 1. The van der Waals surface area contributed by atoms with E-state index >= 15 is 0 Å². The Morgan fingerprint density at radius 2 is 1.85 bits per heavy atom. The van der Waals surface area contributed by atoms with Gasteiger partial charge in [-0.2, -0.15) is 0 Å². The molecule has 0 bridgehead atoms. The summed E-state index contributed by atoms with van der Waals surface area (Å²) in [6.45, 7) is 6.11. The summed E-state index contributed by atoms with van der Waals surface area (Å²) in [5.74, 6) is -0.274. The predicted octanol–water partition coefficient (Wildman–Crippen LogP) is 3.85. The smallest absolute Gasteiger partial charge is 0.444 e. The van der Waals surface area contributed by atoms with Gasteiger partial charge in [-0.15, -0.1) is 13.2 Å². The first-order valence-electron chi connectivity index (χ1n) is 8.85. The number of fused-ring (bicyclic) bond motifs is 1. The maximum Gasteiger partial charge on any atom is 0.573 e. The first-order chi connectivity index (χ1) is 12.4. The molecule has 2 atom stereocenters. The number of amides is 1. The monoisotopic (exact) mass is 387 g/mol. The third-order valence-corrected chi connectivity index (χ3v) is 5.43. The highest BCUT2D eigenvalue weighted by molar-refractivity contribution is 5.69. The van der Waals surface area contributed by atoms with Gasteiger partial charge in [-0.3, -0.25) is 0 Å². The van der Waals surface area contributed by atoms with Crippen molar-refractivity contribution < 1.29 is 32.5 Å². The Bertz CT molecular complexity index is 713. The molecule has 8 heteroatoms. The Labute approximate surface area is 156 Å². The van der Waals surface area contributed by atoms with E-state index in [1.165, 1.54) is 12.1 Å². The summed E-state index contributed by atoms with van der Waals surface area (Å²) in [5.41, 5.74) is -0.573. The number of hydrogen-bond acceptors (Lipinski definition) is 4. The van der Waals surface area contributed by atoms with Crippen LogP contribution in [0.2, 0.25) is 0 Å². The van der Waals surface area contributed by atoms with E-state index in [2.05, 4.69) is 4.74 Å². The number of aliphatic hydroxyl groups excluding tert-OH is 1. The molecule has 5 nitrogen and oxygen atoms in total. The van der Waals surface area contributed by atoms with E-state index in [9.17, 15) is 23.1 Å². The molecule has 0 radical (unpaired) electrons. The van der Waals surface area contributed by atoms with Crippen LogP contribution in [0.25, 0.3) is 0 Å². The number of ether oxygens (including phenoxy) is 2. The van der Waals surface area contributed by atoms with E-state index in [-0.39, 0.29) is 17.8 Å². The molecule has 1 amide bonds. The molecule has 1 aromatic rings. The minimum absolute atomic E-state index is 0.104. The molecule has 3 rings (SSSR count). The second-order valence-electron chi connectivity index (χ2n) is 8.42. The van der Waals surface area contributed by atoms with Crippen LogP contribution in [0.3, 0.4) is 0 Å². The molecule has 2 aliphatic rings. The third-order valence-electron chi connectivity index (χ3n) is 5.43. The van der Waals surface area contributed by atoms with Crippen molar-refractivity contribution in [3.8, 4) is 5.75 Å². The van der Waals surface area contributed by atoms with Crippen LogP contribution >= 0.6 is 0 Å². The number of likely N-dealkylation sites (tertiary alicyclic amines) is 1. The molecule has 150 valence electrons. The second kappa shape index (κ2) is 6.29. The Kier molecular flexibility index (Phi) is 4.61. The number of carbonyl (C=O) groups is 1. The summed E-state index contributed by atoms with van der Waals surface area (Å²) in [5, 5.41) is 10.0. The summed E-state index contributed by atoms with van der Waals surface area (Å²) >= 11 is 0. The van der Waals surface area contributed by atoms with Gasteiger partial charge in [0.25, 0.3) is 0 Å². The van der Waals surface area contributed by atoms with Gasteiger partial charge in [0.2, 0.25) is 0 Å². The van der Waals surface area contributed by atoms with Gasteiger partial charge in [0.05, 0.1) is 6.61 Å². The maximum atomic E-state index is 12.4. The third kappa shape index (κ3) is 3.85. The molecule has 1 N–H and O–H groups in total. The molecule has 1 saturated heterocycles. The van der Waals surface area contributed by atoms with E-state index < -0.39 is 23.5 Å². The quantitative estimate of drug-likeness (QED) is 0.856. The highest BCUT2D eigenvalue weighted by Crippen LogP contribution is 2.68. The summed E-state index contributed by atoms with van der Waals surface area (Å²) in [6, 6.07) is 5.81. The van der Waals surface area contributed by atoms with Crippen LogP contribution in [0.15, 0.2) is 24.3 Å². The predicted molar refractivity (Wildman–Crippen MR) is 91.4 cm³/mol. The van der Waals surface area contributed by atoms with Gasteiger partial charge < -0.3 is 19.5 Å². The largest absolute Gasteiger partial charge is 0.573 e. The molecule has 0 spiro atoms. The van der Waals surface area contributed by atoms with Crippen LogP contribution in [-0.4, -0.2) is 47.8 Å². The fourth-order valence-corrected chi connectivity index (χ4v) is 4.13. The zero-order chi connectivity index (χ0) is 20.1. The van der Waals surface area contributed by atoms with E-state index in [4.69, 9.17) is 4.74 Å². The normalized spacial score (nSPS) is 27.7. The molecule has 1 aromatic carbocycles. The summed E-state index contributed by atoms with van der Waals surface area (Å²) in [6.07, 6.45) is -3.85. The molecule has 1 unspecified atom stereocenters. The average Bonchev–Trinajstić information content (AvgIpc) is 3.22. The van der Waals surface area contributed by atoms with Crippen molar-refractivity contribution in [3.63, 3.8) is 0 Å². The van der Waals surface area contributed by atoms with Crippen molar-refractivity contribution in [3.05, 3.63) is 29.8 Å². The van der Waals surface area contributed by atoms with Crippen LogP contribution in [0.4, 0.5) is 18.0 Å². The van der Waals surface area contributed by atoms with Gasteiger partial charge >= 0.3 is 12.5 Å². The zero-order valence-corrected chi connectivity index (χ0v) is 15.6. The fourth-order valence-electron chi connectivity index (χ4n) is 4.13. The van der Waals surface area contributed by atoms with E-state index in [0.29, 0.717) is 25.9 Å². The number of hydrogen-bond donors (Lipinski definition) is 1. The fraction of sp³-hybridized carbons (Fsp3) is 0.632. The van der Waals surface area contributed by atoms with Gasteiger partial charge in [0.1, 0.15) is 11.4 Å². The van der Waals surface area contributed by atoms with Gasteiger partial charge in [0, 0.05) is 23.9 Å². The first-order valence-corrected chi connectivity index (χ1v) is 8.85. The molecule has 2 fully saturated rings. The van der Waals surface area contributed by atoms with Crippen molar-refractivity contribution in [2.75, 3.05) is 19.7 Å². The molecule has 0 aromatic heterocycles. The van der Waals surface area contributed by atoms with E-state index in [1.54, 1.807) is 37.8 Å². The second-order valence-corrected chi connectivity index (χ2v) is 8.42. The minimum Gasteiger partial charge on any atom is -0.444 e. The molecular weight excluding hydrogens is 363 g/mol. The lowest BCUT2D eigenvalue weighted by Gasteiger charge is -2.38. The standard InChI is InChI=1S/C19H24F3NO4/c1-16(2,3)27-15(25)23-9-8-18(10-17(18,11-23)12-24)13-4-6-14(7-5-13)26-19(20,21)22/h4-7,24H,8-12H2,1-3H3/t17-,18?/m1/s1. The number of halogens is 3. The number of carbonyl (C=O) groups excluding carboxylic acids is 1.